The molecular formula is C13H11F3N4S. The van der Waals surface area contributed by atoms with E-state index in [1.807, 2.05) is 0 Å². The predicted octanol–water partition coefficient (Wildman–Crippen LogP) is 3.18. The van der Waals surface area contributed by atoms with Gasteiger partial charge in [0.2, 0.25) is 0 Å². The summed E-state index contributed by atoms with van der Waals surface area (Å²) in [4.78, 5) is 7.94. The normalized spacial score (nSPS) is 11.2. The molecule has 0 unspecified atom stereocenters. The molecular weight excluding hydrogens is 301 g/mol. The van der Waals surface area contributed by atoms with E-state index in [0.717, 1.165) is 6.07 Å². The molecule has 0 aliphatic heterocycles. The van der Waals surface area contributed by atoms with E-state index >= 15 is 0 Å². The summed E-state index contributed by atoms with van der Waals surface area (Å²) in [6.07, 6.45) is -1.63. The SMILES string of the molecule is Cc1ccc(Nc2nccnc2C(N)=S)cc1C(F)(F)F. The zero-order valence-electron chi connectivity index (χ0n) is 10.9. The summed E-state index contributed by atoms with van der Waals surface area (Å²) >= 11 is 4.83. The van der Waals surface area contributed by atoms with Crippen LogP contribution in [0.1, 0.15) is 16.8 Å². The molecule has 0 aliphatic carbocycles. The van der Waals surface area contributed by atoms with E-state index in [1.54, 1.807) is 0 Å². The molecule has 1 aromatic heterocycles. The van der Waals surface area contributed by atoms with Crippen molar-refractivity contribution in [2.45, 2.75) is 13.1 Å². The molecule has 110 valence electrons. The zero-order chi connectivity index (χ0) is 15.6. The summed E-state index contributed by atoms with van der Waals surface area (Å²) in [7, 11) is 0. The largest absolute Gasteiger partial charge is 0.416 e. The summed E-state index contributed by atoms with van der Waals surface area (Å²) in [6, 6.07) is 3.90. The Labute approximate surface area is 124 Å². The van der Waals surface area contributed by atoms with Gasteiger partial charge >= 0.3 is 6.18 Å². The van der Waals surface area contributed by atoms with Crippen LogP contribution in [0, 0.1) is 6.92 Å². The van der Waals surface area contributed by atoms with Gasteiger partial charge in [-0.3, -0.25) is 0 Å². The highest BCUT2D eigenvalue weighted by molar-refractivity contribution is 7.80. The van der Waals surface area contributed by atoms with Gasteiger partial charge in [0.1, 0.15) is 10.7 Å². The van der Waals surface area contributed by atoms with Crippen molar-refractivity contribution in [3.8, 4) is 0 Å². The van der Waals surface area contributed by atoms with Crippen molar-refractivity contribution in [3.63, 3.8) is 0 Å². The van der Waals surface area contributed by atoms with E-state index < -0.39 is 11.7 Å². The van der Waals surface area contributed by atoms with Gasteiger partial charge in [0.15, 0.2) is 5.82 Å². The maximum absolute atomic E-state index is 12.9. The zero-order valence-corrected chi connectivity index (χ0v) is 11.7. The molecule has 0 atom stereocenters. The molecule has 0 bridgehead atoms. The van der Waals surface area contributed by atoms with Crippen molar-refractivity contribution < 1.29 is 13.2 Å². The fourth-order valence-corrected chi connectivity index (χ4v) is 1.90. The van der Waals surface area contributed by atoms with Crippen LogP contribution in [0.2, 0.25) is 0 Å². The van der Waals surface area contributed by atoms with E-state index in [1.165, 1.54) is 31.5 Å². The van der Waals surface area contributed by atoms with E-state index in [0.29, 0.717) is 0 Å². The molecule has 0 saturated heterocycles. The van der Waals surface area contributed by atoms with Crippen LogP contribution in [0.4, 0.5) is 24.7 Å². The third-order valence-electron chi connectivity index (χ3n) is 2.74. The molecule has 0 spiro atoms. The monoisotopic (exact) mass is 312 g/mol. The van der Waals surface area contributed by atoms with Crippen LogP contribution in [0.25, 0.3) is 0 Å². The van der Waals surface area contributed by atoms with Gasteiger partial charge in [-0.05, 0) is 24.6 Å². The number of halogens is 3. The third kappa shape index (κ3) is 3.46. The van der Waals surface area contributed by atoms with Crippen molar-refractivity contribution in [1.82, 2.24) is 9.97 Å². The highest BCUT2D eigenvalue weighted by atomic mass is 32.1. The fraction of sp³-hybridized carbons (Fsp3) is 0.154. The molecule has 0 aliphatic rings. The van der Waals surface area contributed by atoms with Crippen molar-refractivity contribution in [2.24, 2.45) is 5.73 Å². The lowest BCUT2D eigenvalue weighted by Gasteiger charge is -2.14. The second-order valence-corrected chi connectivity index (χ2v) is 4.71. The molecule has 2 aromatic rings. The maximum atomic E-state index is 12.9. The number of aryl methyl sites for hydroxylation is 1. The van der Waals surface area contributed by atoms with E-state index in [4.69, 9.17) is 18.0 Å². The lowest BCUT2D eigenvalue weighted by atomic mass is 10.1. The predicted molar refractivity (Wildman–Crippen MR) is 77.4 cm³/mol. The van der Waals surface area contributed by atoms with E-state index in [-0.39, 0.29) is 27.8 Å². The van der Waals surface area contributed by atoms with Gasteiger partial charge in [-0.2, -0.15) is 13.2 Å². The molecule has 4 nitrogen and oxygen atoms in total. The van der Waals surface area contributed by atoms with E-state index in [2.05, 4.69) is 15.3 Å². The molecule has 3 N–H and O–H groups in total. The Morgan fingerprint density at radius 3 is 2.52 bits per heavy atom. The number of hydrogen-bond donors (Lipinski definition) is 2. The van der Waals surface area contributed by atoms with Gasteiger partial charge in [0.25, 0.3) is 0 Å². The molecule has 1 heterocycles. The molecule has 2 rings (SSSR count). The first-order chi connectivity index (χ1) is 9.79. The van der Waals surface area contributed by atoms with Crippen molar-refractivity contribution in [1.29, 1.82) is 0 Å². The Morgan fingerprint density at radius 2 is 1.90 bits per heavy atom. The molecule has 0 amide bonds. The molecule has 21 heavy (non-hydrogen) atoms. The van der Waals surface area contributed by atoms with Crippen LogP contribution in [0.3, 0.4) is 0 Å². The smallest absolute Gasteiger partial charge is 0.388 e. The van der Waals surface area contributed by atoms with Gasteiger partial charge in [-0.15, -0.1) is 0 Å². The second kappa shape index (κ2) is 5.65. The van der Waals surface area contributed by atoms with Gasteiger partial charge in [-0.1, -0.05) is 18.3 Å². The van der Waals surface area contributed by atoms with Crippen LogP contribution < -0.4 is 11.1 Å². The quantitative estimate of drug-likeness (QED) is 0.852. The van der Waals surface area contributed by atoms with Gasteiger partial charge < -0.3 is 11.1 Å². The number of nitrogens with zero attached hydrogens (tertiary/aromatic N) is 2. The number of rotatable bonds is 3. The lowest BCUT2D eigenvalue weighted by Crippen LogP contribution is -2.15. The van der Waals surface area contributed by atoms with Crippen LogP contribution in [0.15, 0.2) is 30.6 Å². The lowest BCUT2D eigenvalue weighted by molar-refractivity contribution is -0.138. The molecule has 1 aromatic carbocycles. The fourth-order valence-electron chi connectivity index (χ4n) is 1.75. The number of hydrogen-bond acceptors (Lipinski definition) is 4. The van der Waals surface area contributed by atoms with Crippen LogP contribution >= 0.6 is 12.2 Å². The Hall–Kier alpha value is -2.22. The van der Waals surface area contributed by atoms with Crippen molar-refractivity contribution in [3.05, 3.63) is 47.4 Å². The highest BCUT2D eigenvalue weighted by Gasteiger charge is 2.32. The number of anilines is 2. The number of nitrogens with two attached hydrogens (primary N) is 1. The summed E-state index contributed by atoms with van der Waals surface area (Å²) in [6.45, 7) is 1.40. The number of aromatic nitrogens is 2. The average molecular weight is 312 g/mol. The van der Waals surface area contributed by atoms with Gasteiger partial charge in [0.05, 0.1) is 5.56 Å². The summed E-state index contributed by atoms with van der Waals surface area (Å²) in [5.74, 6) is 0.210. The van der Waals surface area contributed by atoms with Crippen LogP contribution in [-0.4, -0.2) is 15.0 Å². The molecule has 0 radical (unpaired) electrons. The number of nitrogens with one attached hydrogen (secondary N) is 1. The number of benzene rings is 1. The van der Waals surface area contributed by atoms with E-state index in [9.17, 15) is 13.2 Å². The summed E-state index contributed by atoms with van der Waals surface area (Å²) in [5.41, 5.74) is 5.38. The maximum Gasteiger partial charge on any atom is 0.416 e. The first-order valence-corrected chi connectivity index (χ1v) is 6.25. The van der Waals surface area contributed by atoms with Crippen molar-refractivity contribution in [2.75, 3.05) is 5.32 Å². The minimum atomic E-state index is -4.42. The topological polar surface area (TPSA) is 63.8 Å². The Kier molecular flexibility index (Phi) is 4.08. The highest BCUT2D eigenvalue weighted by Crippen LogP contribution is 2.34. The molecule has 8 heteroatoms. The first kappa shape index (κ1) is 15.2. The Morgan fingerprint density at radius 1 is 1.24 bits per heavy atom. The summed E-state index contributed by atoms with van der Waals surface area (Å²) in [5, 5.41) is 2.75. The average Bonchev–Trinajstić information content (AvgIpc) is 2.40. The number of alkyl halides is 3. The number of thiocarbonyl (C=S) groups is 1. The molecule has 0 fully saturated rings. The van der Waals surface area contributed by atoms with Gasteiger partial charge in [0, 0.05) is 18.1 Å². The second-order valence-electron chi connectivity index (χ2n) is 4.27. The first-order valence-electron chi connectivity index (χ1n) is 5.84. The Balaban J connectivity index is 2.40. The minimum Gasteiger partial charge on any atom is -0.388 e. The third-order valence-corrected chi connectivity index (χ3v) is 2.93. The van der Waals surface area contributed by atoms with Crippen LogP contribution in [-0.2, 0) is 6.18 Å². The summed E-state index contributed by atoms with van der Waals surface area (Å²) < 4.78 is 38.6. The van der Waals surface area contributed by atoms with Gasteiger partial charge in [-0.25, -0.2) is 9.97 Å². The van der Waals surface area contributed by atoms with Crippen LogP contribution in [0.5, 0.6) is 0 Å². The standard InChI is InChI=1S/C13H11F3N4S/c1-7-2-3-8(6-9(7)13(14,15)16)20-12-10(11(17)21)18-4-5-19-12/h2-6H,1H3,(H2,17,21)(H,19,20). The van der Waals surface area contributed by atoms with Crippen molar-refractivity contribution >= 4 is 28.7 Å². The molecule has 0 saturated carbocycles. The Bertz CT molecular complexity index is 685. The minimum absolute atomic E-state index is 0.00811.